The largest absolute Gasteiger partial charge is 0.465 e. The molecule has 0 rings (SSSR count). The summed E-state index contributed by atoms with van der Waals surface area (Å²) in [6, 6.07) is 0. The second-order valence-electron chi connectivity index (χ2n) is 6.35. The third-order valence-electron chi connectivity index (χ3n) is 4.19. The standard InChI is InChI=1S/C19H38O3/c1-3-5-10-14-18(15-11-6-4-2)19(21)22-17-13-9-7-8-12-16-20/h18,20H,3-17H2,1-2H3. The smallest absolute Gasteiger partial charge is 0.308 e. The first kappa shape index (κ1) is 21.4. The summed E-state index contributed by atoms with van der Waals surface area (Å²) in [5.41, 5.74) is 0. The van der Waals surface area contributed by atoms with Crippen molar-refractivity contribution in [3.63, 3.8) is 0 Å². The zero-order chi connectivity index (χ0) is 16.5. The van der Waals surface area contributed by atoms with E-state index in [1.54, 1.807) is 0 Å². The van der Waals surface area contributed by atoms with Crippen LogP contribution in [-0.2, 0) is 9.53 Å². The number of ether oxygens (including phenoxy) is 1. The van der Waals surface area contributed by atoms with Crippen LogP contribution in [0.4, 0.5) is 0 Å². The highest BCUT2D eigenvalue weighted by molar-refractivity contribution is 5.72. The maximum absolute atomic E-state index is 12.2. The van der Waals surface area contributed by atoms with Gasteiger partial charge in [-0.2, -0.15) is 0 Å². The molecular formula is C19H38O3. The van der Waals surface area contributed by atoms with Crippen molar-refractivity contribution in [2.24, 2.45) is 5.92 Å². The number of carbonyl (C=O) groups excluding carboxylic acids is 1. The van der Waals surface area contributed by atoms with Crippen LogP contribution in [0.3, 0.4) is 0 Å². The van der Waals surface area contributed by atoms with Crippen molar-refractivity contribution in [3.05, 3.63) is 0 Å². The van der Waals surface area contributed by atoms with Crippen LogP contribution in [0.2, 0.25) is 0 Å². The lowest BCUT2D eigenvalue weighted by atomic mass is 9.95. The highest BCUT2D eigenvalue weighted by Gasteiger charge is 2.18. The minimum absolute atomic E-state index is 0.0302. The van der Waals surface area contributed by atoms with Crippen molar-refractivity contribution in [1.29, 1.82) is 0 Å². The van der Waals surface area contributed by atoms with E-state index in [9.17, 15) is 4.79 Å². The van der Waals surface area contributed by atoms with E-state index in [0.717, 1.165) is 57.8 Å². The van der Waals surface area contributed by atoms with Gasteiger partial charge in [0.1, 0.15) is 0 Å². The van der Waals surface area contributed by atoms with Crippen LogP contribution in [0.1, 0.15) is 97.3 Å². The van der Waals surface area contributed by atoms with Gasteiger partial charge in [0.15, 0.2) is 0 Å². The summed E-state index contributed by atoms with van der Waals surface area (Å²) in [5, 5.41) is 8.71. The topological polar surface area (TPSA) is 46.5 Å². The molecule has 0 aromatic rings. The zero-order valence-corrected chi connectivity index (χ0v) is 14.9. The molecule has 3 heteroatoms. The second kappa shape index (κ2) is 16.8. The van der Waals surface area contributed by atoms with Crippen LogP contribution in [0.15, 0.2) is 0 Å². The Morgan fingerprint density at radius 2 is 1.36 bits per heavy atom. The molecule has 0 amide bonds. The van der Waals surface area contributed by atoms with Gasteiger partial charge in [-0.05, 0) is 25.7 Å². The predicted molar refractivity (Wildman–Crippen MR) is 92.9 cm³/mol. The summed E-state index contributed by atoms with van der Waals surface area (Å²) in [5.74, 6) is 0.148. The predicted octanol–water partition coefficient (Wildman–Crippen LogP) is 5.25. The minimum atomic E-state index is 0.0302. The van der Waals surface area contributed by atoms with E-state index in [1.807, 2.05) is 0 Å². The average molecular weight is 315 g/mol. The lowest BCUT2D eigenvalue weighted by molar-refractivity contribution is -0.149. The summed E-state index contributed by atoms with van der Waals surface area (Å²) in [6.45, 7) is 5.24. The number of unbranched alkanes of at least 4 members (excludes halogenated alkanes) is 8. The van der Waals surface area contributed by atoms with Gasteiger partial charge in [-0.15, -0.1) is 0 Å². The Morgan fingerprint density at radius 3 is 1.91 bits per heavy atom. The van der Waals surface area contributed by atoms with E-state index in [2.05, 4.69) is 13.8 Å². The summed E-state index contributed by atoms with van der Waals surface area (Å²) in [7, 11) is 0. The highest BCUT2D eigenvalue weighted by Crippen LogP contribution is 2.19. The Balaban J connectivity index is 3.83. The minimum Gasteiger partial charge on any atom is -0.465 e. The van der Waals surface area contributed by atoms with E-state index >= 15 is 0 Å². The fourth-order valence-corrected chi connectivity index (χ4v) is 2.70. The third kappa shape index (κ3) is 13.1. The molecule has 0 saturated heterocycles. The first-order valence-corrected chi connectivity index (χ1v) is 9.53. The number of esters is 1. The maximum atomic E-state index is 12.2. The van der Waals surface area contributed by atoms with E-state index in [4.69, 9.17) is 9.84 Å². The molecule has 0 bridgehead atoms. The lowest BCUT2D eigenvalue weighted by Gasteiger charge is -2.16. The number of aliphatic hydroxyl groups is 1. The van der Waals surface area contributed by atoms with Crippen LogP contribution < -0.4 is 0 Å². The van der Waals surface area contributed by atoms with Crippen molar-refractivity contribution in [3.8, 4) is 0 Å². The molecule has 0 fully saturated rings. The molecule has 0 aromatic heterocycles. The Kier molecular flexibility index (Phi) is 16.4. The van der Waals surface area contributed by atoms with Gasteiger partial charge in [-0.3, -0.25) is 4.79 Å². The molecule has 132 valence electrons. The Bertz CT molecular complexity index is 231. The lowest BCUT2D eigenvalue weighted by Crippen LogP contribution is -2.18. The third-order valence-corrected chi connectivity index (χ3v) is 4.19. The van der Waals surface area contributed by atoms with E-state index < -0.39 is 0 Å². The number of rotatable bonds is 16. The molecule has 0 spiro atoms. The van der Waals surface area contributed by atoms with Gasteiger partial charge in [0.05, 0.1) is 12.5 Å². The molecule has 0 aliphatic heterocycles. The van der Waals surface area contributed by atoms with Crippen molar-refractivity contribution < 1.29 is 14.6 Å². The SMILES string of the molecule is CCCCCC(CCCCC)C(=O)OCCCCCCCO. The number of aliphatic hydroxyl groups excluding tert-OH is 1. The summed E-state index contributed by atoms with van der Waals surface area (Å²) in [4.78, 5) is 12.2. The maximum Gasteiger partial charge on any atom is 0.308 e. The molecule has 0 atom stereocenters. The summed E-state index contributed by atoms with van der Waals surface area (Å²) >= 11 is 0. The Hall–Kier alpha value is -0.570. The fourth-order valence-electron chi connectivity index (χ4n) is 2.70. The van der Waals surface area contributed by atoms with Crippen molar-refractivity contribution >= 4 is 5.97 Å². The zero-order valence-electron chi connectivity index (χ0n) is 14.9. The van der Waals surface area contributed by atoms with Crippen LogP contribution in [-0.4, -0.2) is 24.3 Å². The second-order valence-corrected chi connectivity index (χ2v) is 6.35. The highest BCUT2D eigenvalue weighted by atomic mass is 16.5. The molecule has 0 aliphatic rings. The van der Waals surface area contributed by atoms with Crippen LogP contribution in [0, 0.1) is 5.92 Å². The molecule has 0 saturated carbocycles. The van der Waals surface area contributed by atoms with Crippen LogP contribution in [0.25, 0.3) is 0 Å². The van der Waals surface area contributed by atoms with E-state index in [0.29, 0.717) is 6.61 Å². The van der Waals surface area contributed by atoms with Crippen molar-refractivity contribution in [1.82, 2.24) is 0 Å². The molecule has 22 heavy (non-hydrogen) atoms. The van der Waals surface area contributed by atoms with Crippen LogP contribution in [0.5, 0.6) is 0 Å². The molecule has 1 N–H and O–H groups in total. The van der Waals surface area contributed by atoms with Crippen molar-refractivity contribution in [2.75, 3.05) is 13.2 Å². The first-order chi connectivity index (χ1) is 10.8. The molecule has 0 unspecified atom stereocenters. The molecule has 3 nitrogen and oxygen atoms in total. The number of hydrogen-bond donors (Lipinski definition) is 1. The Morgan fingerprint density at radius 1 is 0.818 bits per heavy atom. The van der Waals surface area contributed by atoms with E-state index in [-0.39, 0.29) is 18.5 Å². The summed E-state index contributed by atoms with van der Waals surface area (Å²) < 4.78 is 5.48. The molecule has 0 aliphatic carbocycles. The van der Waals surface area contributed by atoms with Crippen LogP contribution >= 0.6 is 0 Å². The number of carbonyl (C=O) groups is 1. The van der Waals surface area contributed by atoms with Gasteiger partial charge in [-0.1, -0.05) is 71.6 Å². The van der Waals surface area contributed by atoms with Gasteiger partial charge in [0.25, 0.3) is 0 Å². The first-order valence-electron chi connectivity index (χ1n) is 9.53. The van der Waals surface area contributed by atoms with Gasteiger partial charge in [0, 0.05) is 6.61 Å². The number of hydrogen-bond acceptors (Lipinski definition) is 3. The quantitative estimate of drug-likeness (QED) is 0.313. The molecule has 0 heterocycles. The molecule has 0 radical (unpaired) electrons. The monoisotopic (exact) mass is 314 g/mol. The molecular weight excluding hydrogens is 276 g/mol. The fraction of sp³-hybridized carbons (Fsp3) is 0.947. The van der Waals surface area contributed by atoms with Gasteiger partial charge < -0.3 is 9.84 Å². The molecule has 0 aromatic carbocycles. The van der Waals surface area contributed by atoms with Gasteiger partial charge in [0.2, 0.25) is 0 Å². The van der Waals surface area contributed by atoms with Crippen molar-refractivity contribution in [2.45, 2.75) is 97.3 Å². The average Bonchev–Trinajstić information content (AvgIpc) is 2.52. The van der Waals surface area contributed by atoms with E-state index in [1.165, 1.54) is 25.7 Å². The van der Waals surface area contributed by atoms with Gasteiger partial charge in [-0.25, -0.2) is 0 Å². The van der Waals surface area contributed by atoms with Gasteiger partial charge >= 0.3 is 5.97 Å². The Labute approximate surface area is 137 Å². The normalized spacial score (nSPS) is 11.1. The summed E-state index contributed by atoms with van der Waals surface area (Å²) in [6.07, 6.45) is 14.2.